The lowest BCUT2D eigenvalue weighted by molar-refractivity contribution is -0.385. The molecule has 1 heterocycles. The number of aromatic carboxylic acids is 1. The quantitative estimate of drug-likeness (QED) is 0.662. The van der Waals surface area contributed by atoms with Crippen molar-refractivity contribution in [1.82, 2.24) is 4.98 Å². The van der Waals surface area contributed by atoms with E-state index in [4.69, 9.17) is 5.11 Å². The molecule has 7 nitrogen and oxygen atoms in total. The fourth-order valence-electron chi connectivity index (χ4n) is 1.08. The Labute approximate surface area is 97.0 Å². The lowest BCUT2D eigenvalue weighted by atomic mass is 10.2. The molecule has 0 unspecified atom stereocenters. The summed E-state index contributed by atoms with van der Waals surface area (Å²) in [4.78, 5) is 23.2. The molecule has 0 radical (unpaired) electrons. The van der Waals surface area contributed by atoms with Crippen molar-refractivity contribution >= 4 is 11.7 Å². The van der Waals surface area contributed by atoms with Gasteiger partial charge >= 0.3 is 12.3 Å². The first kappa shape index (κ1) is 13.7. The molecule has 0 bridgehead atoms. The van der Waals surface area contributed by atoms with Gasteiger partial charge in [0.25, 0.3) is 5.69 Å². The predicted octanol–water partition coefficient (Wildman–Crippen LogP) is 1.90. The average molecular weight is 266 g/mol. The first-order valence-electron chi connectivity index (χ1n) is 4.27. The van der Waals surface area contributed by atoms with Gasteiger partial charge in [-0.3, -0.25) is 10.1 Å². The Morgan fingerprint density at radius 3 is 2.50 bits per heavy atom. The monoisotopic (exact) mass is 266 g/mol. The first-order valence-corrected chi connectivity index (χ1v) is 4.27. The van der Waals surface area contributed by atoms with Gasteiger partial charge in [-0.25, -0.2) is 9.78 Å². The van der Waals surface area contributed by atoms with Gasteiger partial charge in [-0.15, -0.1) is 13.2 Å². The molecule has 0 atom stereocenters. The molecule has 98 valence electrons. The third-order valence-corrected chi connectivity index (χ3v) is 1.83. The Balaban J connectivity index is 3.40. The molecule has 0 aliphatic heterocycles. The van der Waals surface area contributed by atoms with Gasteiger partial charge in [-0.05, 0) is 6.92 Å². The number of ether oxygens (including phenoxy) is 1. The molecule has 0 fully saturated rings. The van der Waals surface area contributed by atoms with Crippen molar-refractivity contribution in [3.05, 3.63) is 27.4 Å². The normalized spacial score (nSPS) is 11.1. The van der Waals surface area contributed by atoms with Crippen LogP contribution in [-0.2, 0) is 0 Å². The van der Waals surface area contributed by atoms with Gasteiger partial charge in [0.15, 0.2) is 5.69 Å². The van der Waals surface area contributed by atoms with Crippen LogP contribution < -0.4 is 4.74 Å². The molecule has 1 N–H and O–H groups in total. The Bertz CT molecular complexity index is 514. The zero-order valence-electron chi connectivity index (χ0n) is 8.69. The maximum atomic E-state index is 12.0. The summed E-state index contributed by atoms with van der Waals surface area (Å²) >= 11 is 0. The summed E-state index contributed by atoms with van der Waals surface area (Å²) in [5.74, 6) is -2.86. The number of nitro groups is 1. The van der Waals surface area contributed by atoms with Crippen molar-refractivity contribution in [3.8, 4) is 5.88 Å². The number of hydrogen-bond donors (Lipinski definition) is 1. The fraction of sp³-hybridized carbons (Fsp3) is 0.250. The van der Waals surface area contributed by atoms with E-state index in [1.54, 1.807) is 0 Å². The predicted molar refractivity (Wildman–Crippen MR) is 49.3 cm³/mol. The Kier molecular flexibility index (Phi) is 3.39. The minimum absolute atomic E-state index is 0.512. The van der Waals surface area contributed by atoms with E-state index < -0.39 is 40.1 Å². The second-order valence-electron chi connectivity index (χ2n) is 3.07. The van der Waals surface area contributed by atoms with Crippen LogP contribution in [0.4, 0.5) is 18.9 Å². The van der Waals surface area contributed by atoms with Crippen LogP contribution >= 0.6 is 0 Å². The number of aromatic nitrogens is 1. The molecule has 1 aromatic heterocycles. The smallest absolute Gasteiger partial charge is 0.477 e. The van der Waals surface area contributed by atoms with E-state index in [0.717, 1.165) is 6.92 Å². The number of nitrogens with zero attached hydrogens (tertiary/aromatic N) is 2. The summed E-state index contributed by atoms with van der Waals surface area (Å²) in [5.41, 5.74) is -2.24. The molecule has 0 amide bonds. The maximum Gasteiger partial charge on any atom is 0.574 e. The van der Waals surface area contributed by atoms with E-state index in [1.165, 1.54) is 0 Å². The van der Waals surface area contributed by atoms with Crippen LogP contribution in [0, 0.1) is 17.0 Å². The second-order valence-corrected chi connectivity index (χ2v) is 3.07. The van der Waals surface area contributed by atoms with Crippen LogP contribution in [0.15, 0.2) is 6.07 Å². The van der Waals surface area contributed by atoms with Crippen molar-refractivity contribution in [1.29, 1.82) is 0 Å². The molecular formula is C8H5F3N2O5. The SMILES string of the molecule is Cc1c([N+](=O)[O-])cc(C(=O)O)nc1OC(F)(F)F. The molecule has 0 aromatic carbocycles. The van der Waals surface area contributed by atoms with Gasteiger partial charge in [0.2, 0.25) is 5.88 Å². The van der Waals surface area contributed by atoms with Crippen LogP contribution in [0.25, 0.3) is 0 Å². The minimum Gasteiger partial charge on any atom is -0.477 e. The van der Waals surface area contributed by atoms with Crippen LogP contribution in [0.5, 0.6) is 5.88 Å². The van der Waals surface area contributed by atoms with Crippen LogP contribution in [0.2, 0.25) is 0 Å². The van der Waals surface area contributed by atoms with E-state index in [0.29, 0.717) is 6.07 Å². The second kappa shape index (κ2) is 4.47. The molecular weight excluding hydrogens is 261 g/mol. The molecule has 0 saturated carbocycles. The highest BCUT2D eigenvalue weighted by atomic mass is 19.4. The number of hydrogen-bond acceptors (Lipinski definition) is 5. The summed E-state index contributed by atoms with van der Waals surface area (Å²) in [6, 6.07) is 0.556. The highest BCUT2D eigenvalue weighted by molar-refractivity contribution is 5.86. The zero-order chi connectivity index (χ0) is 14.1. The minimum atomic E-state index is -5.12. The Hall–Kier alpha value is -2.39. The standard InChI is InChI=1S/C8H5F3N2O5/c1-3-5(13(16)17)2-4(7(14)15)12-6(3)18-8(9,10)11/h2H,1H3,(H,14,15). The van der Waals surface area contributed by atoms with Crippen LogP contribution in [0.3, 0.4) is 0 Å². The molecule has 1 aromatic rings. The lowest BCUT2D eigenvalue weighted by Crippen LogP contribution is -2.20. The Morgan fingerprint density at radius 1 is 1.56 bits per heavy atom. The summed E-state index contributed by atoms with van der Waals surface area (Å²) in [6.45, 7) is 0.970. The van der Waals surface area contributed by atoms with E-state index in [9.17, 15) is 28.1 Å². The number of rotatable bonds is 3. The van der Waals surface area contributed by atoms with E-state index in [-0.39, 0.29) is 0 Å². The van der Waals surface area contributed by atoms with Crippen LogP contribution in [-0.4, -0.2) is 27.3 Å². The largest absolute Gasteiger partial charge is 0.574 e. The van der Waals surface area contributed by atoms with Gasteiger partial charge in [-0.1, -0.05) is 0 Å². The van der Waals surface area contributed by atoms with Crippen molar-refractivity contribution in [3.63, 3.8) is 0 Å². The third kappa shape index (κ3) is 3.06. The molecule has 0 spiro atoms. The van der Waals surface area contributed by atoms with Gasteiger partial charge < -0.3 is 9.84 Å². The van der Waals surface area contributed by atoms with Crippen molar-refractivity contribution < 1.29 is 32.7 Å². The molecule has 1 rings (SSSR count). The first-order chi connectivity index (χ1) is 8.11. The molecule has 0 aliphatic rings. The average Bonchev–Trinajstić information content (AvgIpc) is 2.18. The molecule has 0 aliphatic carbocycles. The van der Waals surface area contributed by atoms with Crippen molar-refractivity contribution in [2.45, 2.75) is 13.3 Å². The van der Waals surface area contributed by atoms with E-state index in [1.807, 2.05) is 0 Å². The molecule has 0 saturated heterocycles. The third-order valence-electron chi connectivity index (χ3n) is 1.83. The molecule has 10 heteroatoms. The van der Waals surface area contributed by atoms with E-state index in [2.05, 4.69) is 9.72 Å². The number of halogens is 3. The highest BCUT2D eigenvalue weighted by Gasteiger charge is 2.34. The Morgan fingerprint density at radius 2 is 2.11 bits per heavy atom. The van der Waals surface area contributed by atoms with Gasteiger partial charge in [0.05, 0.1) is 10.5 Å². The topological polar surface area (TPSA) is 103 Å². The summed E-state index contributed by atoms with van der Waals surface area (Å²) in [5, 5.41) is 19.1. The molecule has 18 heavy (non-hydrogen) atoms. The highest BCUT2D eigenvalue weighted by Crippen LogP contribution is 2.30. The van der Waals surface area contributed by atoms with E-state index >= 15 is 0 Å². The fourth-order valence-corrected chi connectivity index (χ4v) is 1.08. The van der Waals surface area contributed by atoms with Gasteiger partial charge in [-0.2, -0.15) is 0 Å². The van der Waals surface area contributed by atoms with Crippen molar-refractivity contribution in [2.75, 3.05) is 0 Å². The van der Waals surface area contributed by atoms with Crippen LogP contribution in [0.1, 0.15) is 16.1 Å². The summed E-state index contributed by atoms with van der Waals surface area (Å²) in [6.07, 6.45) is -5.12. The number of pyridine rings is 1. The van der Waals surface area contributed by atoms with Gasteiger partial charge in [0, 0.05) is 6.07 Å². The number of carbonyl (C=O) groups is 1. The lowest BCUT2D eigenvalue weighted by Gasteiger charge is -2.10. The number of carboxylic acids is 1. The zero-order valence-corrected chi connectivity index (χ0v) is 8.69. The summed E-state index contributed by atoms with van der Waals surface area (Å²) < 4.78 is 39.5. The maximum absolute atomic E-state index is 12.0. The van der Waals surface area contributed by atoms with Crippen molar-refractivity contribution in [2.24, 2.45) is 0 Å². The number of alkyl halides is 3. The summed E-state index contributed by atoms with van der Waals surface area (Å²) in [7, 11) is 0. The van der Waals surface area contributed by atoms with Gasteiger partial charge in [0.1, 0.15) is 0 Å². The number of carboxylic acid groups (broad SMARTS) is 1.